The molecule has 0 saturated heterocycles. The van der Waals surface area contributed by atoms with E-state index in [0.29, 0.717) is 10.1 Å². The van der Waals surface area contributed by atoms with Gasteiger partial charge in [-0.25, -0.2) is 9.97 Å². The number of aromatic nitrogens is 2. The average Bonchev–Trinajstić information content (AvgIpc) is 2.32. The van der Waals surface area contributed by atoms with Gasteiger partial charge in [-0.15, -0.1) is 0 Å². The first-order chi connectivity index (χ1) is 8.45. The van der Waals surface area contributed by atoms with Crippen LogP contribution < -0.4 is 0 Å². The van der Waals surface area contributed by atoms with Gasteiger partial charge < -0.3 is 0 Å². The highest BCUT2D eigenvalue weighted by molar-refractivity contribution is 9.10. The lowest BCUT2D eigenvalue weighted by Crippen LogP contribution is -2.05. The van der Waals surface area contributed by atoms with Crippen molar-refractivity contribution in [2.24, 2.45) is 0 Å². The highest BCUT2D eigenvalue weighted by atomic mass is 79.9. The van der Waals surface area contributed by atoms with E-state index in [4.69, 9.17) is 0 Å². The smallest absolute Gasteiger partial charge is 0.249 e. The van der Waals surface area contributed by atoms with Crippen LogP contribution in [0.4, 0.5) is 13.2 Å². The lowest BCUT2D eigenvalue weighted by atomic mass is 10.3. The minimum atomic E-state index is -4.36. The average molecular weight is 335 g/mol. The first-order valence-electron chi connectivity index (χ1n) is 4.78. The summed E-state index contributed by atoms with van der Waals surface area (Å²) in [5.74, 6) is 0. The van der Waals surface area contributed by atoms with Crippen molar-refractivity contribution >= 4 is 27.7 Å². The predicted octanol–water partition coefficient (Wildman–Crippen LogP) is 4.41. The number of alkyl halides is 3. The Bertz CT molecular complexity index is 525. The molecule has 2 aromatic heterocycles. The van der Waals surface area contributed by atoms with E-state index in [1.807, 2.05) is 0 Å². The summed E-state index contributed by atoms with van der Waals surface area (Å²) in [5.41, 5.74) is -0.754. The van der Waals surface area contributed by atoms with Gasteiger partial charge in [-0.3, -0.25) is 0 Å². The Hall–Kier alpha value is -1.08. The molecule has 2 rings (SSSR count). The SMILES string of the molecule is FC(F)(F)c1ccc(Sc2ccc(Br)cn2)nc1. The van der Waals surface area contributed by atoms with E-state index < -0.39 is 11.7 Å². The summed E-state index contributed by atoms with van der Waals surface area (Å²) in [6.07, 6.45) is -1.92. The van der Waals surface area contributed by atoms with Crippen LogP contribution in [-0.2, 0) is 6.18 Å². The van der Waals surface area contributed by atoms with Gasteiger partial charge >= 0.3 is 6.18 Å². The van der Waals surface area contributed by atoms with Crippen LogP contribution in [0.1, 0.15) is 5.56 Å². The van der Waals surface area contributed by atoms with Crippen molar-refractivity contribution in [2.45, 2.75) is 16.2 Å². The van der Waals surface area contributed by atoms with E-state index in [-0.39, 0.29) is 0 Å². The van der Waals surface area contributed by atoms with Crippen LogP contribution in [0.25, 0.3) is 0 Å². The summed E-state index contributed by atoms with van der Waals surface area (Å²) in [6.45, 7) is 0. The van der Waals surface area contributed by atoms with Crippen molar-refractivity contribution in [3.8, 4) is 0 Å². The van der Waals surface area contributed by atoms with Crippen LogP contribution >= 0.6 is 27.7 Å². The molecule has 0 aliphatic rings. The van der Waals surface area contributed by atoms with E-state index in [2.05, 4.69) is 25.9 Å². The zero-order valence-corrected chi connectivity index (χ0v) is 11.2. The van der Waals surface area contributed by atoms with Crippen molar-refractivity contribution in [1.82, 2.24) is 9.97 Å². The van der Waals surface area contributed by atoms with Crippen molar-refractivity contribution in [3.63, 3.8) is 0 Å². The summed E-state index contributed by atoms with van der Waals surface area (Å²) in [5, 5.41) is 1.14. The second-order valence-electron chi connectivity index (χ2n) is 3.30. The van der Waals surface area contributed by atoms with Gasteiger partial charge in [0.2, 0.25) is 0 Å². The highest BCUT2D eigenvalue weighted by Gasteiger charge is 2.30. The highest BCUT2D eigenvalue weighted by Crippen LogP contribution is 2.31. The van der Waals surface area contributed by atoms with Crippen molar-refractivity contribution in [2.75, 3.05) is 0 Å². The molecule has 0 saturated carbocycles. The lowest BCUT2D eigenvalue weighted by molar-refractivity contribution is -0.137. The first kappa shape index (κ1) is 13.4. The second-order valence-corrected chi connectivity index (χ2v) is 5.26. The zero-order chi connectivity index (χ0) is 13.2. The molecule has 18 heavy (non-hydrogen) atoms. The summed E-state index contributed by atoms with van der Waals surface area (Å²) in [6, 6.07) is 5.90. The topological polar surface area (TPSA) is 25.8 Å². The van der Waals surface area contributed by atoms with Crippen molar-refractivity contribution in [1.29, 1.82) is 0 Å². The largest absolute Gasteiger partial charge is 0.417 e. The maximum Gasteiger partial charge on any atom is 0.417 e. The van der Waals surface area contributed by atoms with Crippen LogP contribution in [0.15, 0.2) is 51.2 Å². The minimum Gasteiger partial charge on any atom is -0.249 e. The second kappa shape index (κ2) is 5.27. The maximum absolute atomic E-state index is 12.3. The Labute approximate surface area is 114 Å². The molecule has 0 unspecified atom stereocenters. The van der Waals surface area contributed by atoms with Gasteiger partial charge in [-0.05, 0) is 40.2 Å². The third kappa shape index (κ3) is 3.46. The molecule has 7 heteroatoms. The molecule has 0 N–H and O–H groups in total. The van der Waals surface area contributed by atoms with E-state index in [1.54, 1.807) is 18.3 Å². The van der Waals surface area contributed by atoms with Gasteiger partial charge in [0.15, 0.2) is 0 Å². The Kier molecular flexibility index (Phi) is 3.91. The van der Waals surface area contributed by atoms with E-state index in [1.165, 1.54) is 17.8 Å². The number of hydrogen-bond donors (Lipinski definition) is 0. The van der Waals surface area contributed by atoms with Crippen LogP contribution in [0.5, 0.6) is 0 Å². The number of rotatable bonds is 2. The van der Waals surface area contributed by atoms with Crippen LogP contribution in [0, 0.1) is 0 Å². The molecule has 0 amide bonds. The molecule has 94 valence electrons. The van der Waals surface area contributed by atoms with Gasteiger partial charge in [0, 0.05) is 16.9 Å². The normalized spacial score (nSPS) is 11.6. The van der Waals surface area contributed by atoms with Crippen molar-refractivity contribution in [3.05, 3.63) is 46.7 Å². The molecule has 0 atom stereocenters. The summed E-state index contributed by atoms with van der Waals surface area (Å²) in [7, 11) is 0. The molecular weight excluding hydrogens is 329 g/mol. The van der Waals surface area contributed by atoms with E-state index in [0.717, 1.165) is 16.7 Å². The third-order valence-electron chi connectivity index (χ3n) is 1.97. The zero-order valence-electron chi connectivity index (χ0n) is 8.78. The quantitative estimate of drug-likeness (QED) is 0.813. The van der Waals surface area contributed by atoms with Gasteiger partial charge in [0.05, 0.1) is 5.56 Å². The van der Waals surface area contributed by atoms with Gasteiger partial charge in [-0.2, -0.15) is 13.2 Å². The molecule has 0 fully saturated rings. The van der Waals surface area contributed by atoms with Crippen molar-refractivity contribution < 1.29 is 13.2 Å². The minimum absolute atomic E-state index is 0.470. The summed E-state index contributed by atoms with van der Waals surface area (Å²) < 4.78 is 37.8. The Morgan fingerprint density at radius 2 is 1.56 bits per heavy atom. The molecule has 0 spiro atoms. The van der Waals surface area contributed by atoms with Crippen LogP contribution in [-0.4, -0.2) is 9.97 Å². The molecule has 2 nitrogen and oxygen atoms in total. The van der Waals surface area contributed by atoms with Crippen LogP contribution in [0.2, 0.25) is 0 Å². The fraction of sp³-hybridized carbons (Fsp3) is 0.0909. The van der Waals surface area contributed by atoms with Gasteiger partial charge in [-0.1, -0.05) is 11.8 Å². The van der Waals surface area contributed by atoms with Gasteiger partial charge in [0.1, 0.15) is 10.1 Å². The summed E-state index contributed by atoms with van der Waals surface area (Å²) in [4.78, 5) is 7.85. The Morgan fingerprint density at radius 1 is 0.944 bits per heavy atom. The number of hydrogen-bond acceptors (Lipinski definition) is 3. The number of pyridine rings is 2. The molecule has 2 aromatic rings. The fourth-order valence-electron chi connectivity index (χ4n) is 1.14. The molecular formula is C11H6BrF3N2S. The van der Waals surface area contributed by atoms with Gasteiger partial charge in [0.25, 0.3) is 0 Å². The molecule has 2 heterocycles. The predicted molar refractivity (Wildman–Crippen MR) is 65.3 cm³/mol. The Balaban J connectivity index is 2.13. The fourth-order valence-corrected chi connectivity index (χ4v) is 2.07. The molecule has 0 radical (unpaired) electrons. The number of nitrogens with zero attached hydrogens (tertiary/aromatic N) is 2. The monoisotopic (exact) mass is 334 g/mol. The summed E-state index contributed by atoms with van der Waals surface area (Å²) >= 11 is 4.46. The van der Waals surface area contributed by atoms with Crippen LogP contribution in [0.3, 0.4) is 0 Å². The molecule has 0 aromatic carbocycles. The maximum atomic E-state index is 12.3. The molecule has 0 aliphatic carbocycles. The number of halogens is 4. The molecule has 0 aliphatic heterocycles. The first-order valence-corrected chi connectivity index (χ1v) is 6.39. The third-order valence-corrected chi connectivity index (χ3v) is 3.34. The molecule has 0 bridgehead atoms. The Morgan fingerprint density at radius 3 is 2.00 bits per heavy atom. The van der Waals surface area contributed by atoms with E-state index in [9.17, 15) is 13.2 Å². The standard InChI is InChI=1S/C11H6BrF3N2S/c12-8-2-4-10(17-6-8)18-9-3-1-7(5-16-9)11(13,14)15/h1-6H. The lowest BCUT2D eigenvalue weighted by Gasteiger charge is -2.06. The van der Waals surface area contributed by atoms with E-state index >= 15 is 0 Å².